The summed E-state index contributed by atoms with van der Waals surface area (Å²) in [4.78, 5) is -0.110. The van der Waals surface area contributed by atoms with Crippen molar-refractivity contribution in [3.05, 3.63) is 47.3 Å². The molecule has 4 aromatic rings. The third-order valence-electron chi connectivity index (χ3n) is 3.44. The van der Waals surface area contributed by atoms with Gasteiger partial charge in [-0.3, -0.25) is 4.72 Å². The number of hydrogen-bond acceptors (Lipinski definition) is 5. The van der Waals surface area contributed by atoms with Gasteiger partial charge in [-0.2, -0.15) is 15.4 Å². The number of nitrogens with zero attached hydrogens (tertiary/aromatic N) is 2. The first-order valence-corrected chi connectivity index (χ1v) is 9.00. The van der Waals surface area contributed by atoms with E-state index >= 15 is 0 Å². The lowest BCUT2D eigenvalue weighted by molar-refractivity contribution is 0.599. The SMILES string of the molecule is O=S(=O)(Nc1cc2n[nH]nc2cc1F)c1csc2ccc(F)cc12. The lowest BCUT2D eigenvalue weighted by Crippen LogP contribution is -2.13. The van der Waals surface area contributed by atoms with Gasteiger partial charge in [0, 0.05) is 21.5 Å². The normalized spacial score (nSPS) is 12.1. The standard InChI is InChI=1S/C14H8F2N4O2S2/c15-7-1-2-13-8(3-7)14(6-23-13)24(21,22)19-10-5-12-11(4-9(10)16)17-20-18-12/h1-6,19H,(H,17,18,20). The van der Waals surface area contributed by atoms with Crippen molar-refractivity contribution in [2.45, 2.75) is 4.90 Å². The van der Waals surface area contributed by atoms with E-state index < -0.39 is 21.7 Å². The van der Waals surface area contributed by atoms with E-state index in [2.05, 4.69) is 20.1 Å². The van der Waals surface area contributed by atoms with Crippen molar-refractivity contribution in [3.63, 3.8) is 0 Å². The number of halogens is 2. The topological polar surface area (TPSA) is 87.7 Å². The second-order valence-corrected chi connectivity index (χ2v) is 7.55. The number of sulfonamides is 1. The number of thiophene rings is 1. The fourth-order valence-electron chi connectivity index (χ4n) is 2.33. The minimum absolute atomic E-state index is 0.110. The van der Waals surface area contributed by atoms with Gasteiger partial charge in [0.1, 0.15) is 27.6 Å². The van der Waals surface area contributed by atoms with Crippen molar-refractivity contribution in [3.8, 4) is 0 Å². The Morgan fingerprint density at radius 2 is 1.83 bits per heavy atom. The predicted octanol–water partition coefficient (Wildman–Crippen LogP) is 3.25. The number of fused-ring (bicyclic) bond motifs is 2. The molecule has 2 aromatic heterocycles. The van der Waals surface area contributed by atoms with Crippen LogP contribution in [-0.2, 0) is 10.0 Å². The summed E-state index contributed by atoms with van der Waals surface area (Å²) < 4.78 is 55.5. The Hall–Kier alpha value is -2.59. The Balaban J connectivity index is 1.81. The summed E-state index contributed by atoms with van der Waals surface area (Å²) in [6.45, 7) is 0. The summed E-state index contributed by atoms with van der Waals surface area (Å²) in [7, 11) is -4.09. The molecule has 2 aromatic carbocycles. The molecule has 6 nitrogen and oxygen atoms in total. The number of nitrogens with one attached hydrogen (secondary N) is 2. The molecule has 4 rings (SSSR count). The molecule has 0 spiro atoms. The Bertz CT molecular complexity index is 1180. The maximum absolute atomic E-state index is 14.1. The molecule has 122 valence electrons. The number of H-pyrrole nitrogens is 1. The molecule has 0 amide bonds. The highest BCUT2D eigenvalue weighted by Gasteiger charge is 2.21. The number of rotatable bonds is 3. The average Bonchev–Trinajstić information content (AvgIpc) is 3.13. The van der Waals surface area contributed by atoms with Crippen LogP contribution in [0.2, 0.25) is 0 Å². The highest BCUT2D eigenvalue weighted by Crippen LogP contribution is 2.32. The van der Waals surface area contributed by atoms with Gasteiger partial charge in [-0.05, 0) is 24.3 Å². The van der Waals surface area contributed by atoms with Gasteiger partial charge in [0.05, 0.1) is 5.69 Å². The average molecular weight is 366 g/mol. The lowest BCUT2D eigenvalue weighted by Gasteiger charge is -2.08. The van der Waals surface area contributed by atoms with Crippen molar-refractivity contribution in [2.75, 3.05) is 4.72 Å². The zero-order valence-electron chi connectivity index (χ0n) is 11.7. The van der Waals surface area contributed by atoms with Crippen LogP contribution < -0.4 is 4.72 Å². The zero-order chi connectivity index (χ0) is 16.9. The lowest BCUT2D eigenvalue weighted by atomic mass is 10.2. The summed E-state index contributed by atoms with van der Waals surface area (Å²) in [5.74, 6) is -1.33. The molecule has 0 radical (unpaired) electrons. The van der Waals surface area contributed by atoms with Crippen molar-refractivity contribution in [1.29, 1.82) is 0 Å². The Morgan fingerprint density at radius 3 is 2.62 bits per heavy atom. The summed E-state index contributed by atoms with van der Waals surface area (Å²) in [6.07, 6.45) is 0. The second kappa shape index (κ2) is 5.21. The minimum atomic E-state index is -4.09. The summed E-state index contributed by atoms with van der Waals surface area (Å²) in [5.41, 5.74) is 0.334. The maximum Gasteiger partial charge on any atom is 0.263 e. The molecule has 0 unspecified atom stereocenters. The smallest absolute Gasteiger partial charge is 0.263 e. The molecule has 0 atom stereocenters. The van der Waals surface area contributed by atoms with Crippen molar-refractivity contribution < 1.29 is 17.2 Å². The van der Waals surface area contributed by atoms with Crippen LogP contribution in [0.3, 0.4) is 0 Å². The molecule has 24 heavy (non-hydrogen) atoms. The van der Waals surface area contributed by atoms with Gasteiger partial charge in [-0.1, -0.05) is 0 Å². The third-order valence-corrected chi connectivity index (χ3v) is 5.96. The maximum atomic E-state index is 14.1. The van der Waals surface area contributed by atoms with Gasteiger partial charge in [0.25, 0.3) is 10.0 Å². The largest absolute Gasteiger partial charge is 0.277 e. The number of aromatic amines is 1. The molecule has 0 aliphatic rings. The molecule has 0 bridgehead atoms. The number of aromatic nitrogens is 3. The minimum Gasteiger partial charge on any atom is -0.277 e. The predicted molar refractivity (Wildman–Crippen MR) is 86.4 cm³/mol. The van der Waals surface area contributed by atoms with Crippen LogP contribution >= 0.6 is 11.3 Å². The van der Waals surface area contributed by atoms with Crippen LogP contribution in [0.25, 0.3) is 21.1 Å². The molecule has 0 saturated heterocycles. The Kier molecular flexibility index (Phi) is 3.25. The fraction of sp³-hybridized carbons (Fsp3) is 0. The van der Waals surface area contributed by atoms with Crippen LogP contribution in [0.5, 0.6) is 0 Å². The molecule has 0 aliphatic heterocycles. The molecule has 10 heteroatoms. The van der Waals surface area contributed by atoms with E-state index in [0.717, 1.165) is 23.5 Å². The highest BCUT2D eigenvalue weighted by atomic mass is 32.2. The van der Waals surface area contributed by atoms with Gasteiger partial charge in [0.15, 0.2) is 0 Å². The molecule has 0 saturated carbocycles. The van der Waals surface area contributed by atoms with E-state index in [1.165, 1.54) is 23.6 Å². The van der Waals surface area contributed by atoms with E-state index in [-0.39, 0.29) is 21.5 Å². The van der Waals surface area contributed by atoms with Gasteiger partial charge in [0.2, 0.25) is 0 Å². The number of anilines is 1. The van der Waals surface area contributed by atoms with Crippen molar-refractivity contribution in [1.82, 2.24) is 15.4 Å². The number of hydrogen-bond donors (Lipinski definition) is 2. The third kappa shape index (κ3) is 2.39. The van der Waals surface area contributed by atoms with Gasteiger partial charge in [-0.25, -0.2) is 17.2 Å². The van der Waals surface area contributed by atoms with Crippen LogP contribution in [-0.4, -0.2) is 23.8 Å². The molecule has 0 aliphatic carbocycles. The Labute approximate surface area is 138 Å². The molecule has 2 N–H and O–H groups in total. The van der Waals surface area contributed by atoms with Gasteiger partial charge in [-0.15, -0.1) is 11.3 Å². The first kappa shape index (κ1) is 15.0. The zero-order valence-corrected chi connectivity index (χ0v) is 13.4. The van der Waals surface area contributed by atoms with E-state index in [4.69, 9.17) is 0 Å². The summed E-state index contributed by atoms with van der Waals surface area (Å²) >= 11 is 1.16. The quantitative estimate of drug-likeness (QED) is 0.583. The van der Waals surface area contributed by atoms with Gasteiger partial charge < -0.3 is 0 Å². The number of benzene rings is 2. The van der Waals surface area contributed by atoms with E-state index in [9.17, 15) is 17.2 Å². The van der Waals surface area contributed by atoms with Crippen LogP contribution in [0.4, 0.5) is 14.5 Å². The van der Waals surface area contributed by atoms with Crippen LogP contribution in [0.15, 0.2) is 40.6 Å². The van der Waals surface area contributed by atoms with Gasteiger partial charge >= 0.3 is 0 Å². The molecule has 2 heterocycles. The van der Waals surface area contributed by atoms with Crippen molar-refractivity contribution >= 4 is 48.2 Å². The Morgan fingerprint density at radius 1 is 1.08 bits per heavy atom. The highest BCUT2D eigenvalue weighted by molar-refractivity contribution is 7.93. The molecular weight excluding hydrogens is 358 g/mol. The fourth-order valence-corrected chi connectivity index (χ4v) is 4.86. The second-order valence-electron chi connectivity index (χ2n) is 4.99. The first-order chi connectivity index (χ1) is 11.4. The van der Waals surface area contributed by atoms with E-state index in [1.54, 1.807) is 0 Å². The monoisotopic (exact) mass is 366 g/mol. The first-order valence-electron chi connectivity index (χ1n) is 6.64. The summed E-state index contributed by atoms with van der Waals surface area (Å²) in [5, 5.41) is 11.5. The summed E-state index contributed by atoms with van der Waals surface area (Å²) in [6, 6.07) is 6.19. The van der Waals surface area contributed by atoms with E-state index in [1.807, 2.05) is 0 Å². The van der Waals surface area contributed by atoms with Crippen molar-refractivity contribution in [2.24, 2.45) is 0 Å². The van der Waals surface area contributed by atoms with Crippen LogP contribution in [0.1, 0.15) is 0 Å². The van der Waals surface area contributed by atoms with E-state index in [0.29, 0.717) is 10.2 Å². The van der Waals surface area contributed by atoms with Crippen LogP contribution in [0, 0.1) is 11.6 Å². The molecular formula is C14H8F2N4O2S2. The molecule has 0 fully saturated rings.